The van der Waals surface area contributed by atoms with Crippen molar-refractivity contribution in [3.8, 4) is 0 Å². The normalized spacial score (nSPS) is 13.9. The van der Waals surface area contributed by atoms with Gasteiger partial charge in [0.1, 0.15) is 6.29 Å². The van der Waals surface area contributed by atoms with Gasteiger partial charge in [-0.2, -0.15) is 0 Å². The molecule has 0 aliphatic heterocycles. The van der Waals surface area contributed by atoms with E-state index in [4.69, 9.17) is 0 Å². The van der Waals surface area contributed by atoms with Gasteiger partial charge in [-0.05, 0) is 51.0 Å². The van der Waals surface area contributed by atoms with E-state index in [-0.39, 0.29) is 5.69 Å². The molecule has 0 aliphatic carbocycles. The van der Waals surface area contributed by atoms with Crippen molar-refractivity contribution in [2.24, 2.45) is 0 Å². The maximum atomic E-state index is 10.6. The molecule has 0 aromatic heterocycles. The molecule has 0 spiro atoms. The Labute approximate surface area is 136 Å². The van der Waals surface area contributed by atoms with E-state index < -0.39 is 4.92 Å². The summed E-state index contributed by atoms with van der Waals surface area (Å²) in [7, 11) is 0. The van der Waals surface area contributed by atoms with Crippen LogP contribution in [0.2, 0.25) is 0 Å². The Bertz CT molecular complexity index is 705. The Morgan fingerprint density at radius 3 is 1.83 bits per heavy atom. The van der Waals surface area contributed by atoms with Crippen LogP contribution in [0.1, 0.15) is 33.3 Å². The van der Waals surface area contributed by atoms with E-state index in [0.29, 0.717) is 5.57 Å². The van der Waals surface area contributed by atoms with Gasteiger partial charge >= 0.3 is 0 Å². The van der Waals surface area contributed by atoms with Gasteiger partial charge in [0.15, 0.2) is 0 Å². The second-order valence-electron chi connectivity index (χ2n) is 5.52. The number of non-ortho nitro benzene ring substituents is 1. The Morgan fingerprint density at radius 1 is 0.870 bits per heavy atom. The monoisotopic (exact) mass is 311 g/mol. The maximum Gasteiger partial charge on any atom is 0.269 e. The summed E-state index contributed by atoms with van der Waals surface area (Å²) in [4.78, 5) is 20.8. The van der Waals surface area contributed by atoms with E-state index in [2.05, 4.69) is 0 Å². The number of rotatable bonds is 6. The lowest BCUT2D eigenvalue weighted by molar-refractivity contribution is -0.384. The topological polar surface area (TPSA) is 60.2 Å². The molecule has 0 atom stereocenters. The third-order valence-corrected chi connectivity index (χ3v) is 3.05. The largest absolute Gasteiger partial charge is 0.298 e. The number of aldehydes is 1. The minimum atomic E-state index is -0.410. The average Bonchev–Trinajstić information content (AvgIpc) is 2.46. The average molecular weight is 311 g/mol. The maximum absolute atomic E-state index is 10.6. The van der Waals surface area contributed by atoms with E-state index in [1.807, 2.05) is 45.1 Å². The fourth-order valence-corrected chi connectivity index (χ4v) is 2.19. The molecule has 0 fully saturated rings. The fraction of sp³-hybridized carbons (Fsp3) is 0.211. The summed E-state index contributed by atoms with van der Waals surface area (Å²) >= 11 is 0. The number of nitrogens with zero attached hydrogens (tertiary/aromatic N) is 1. The summed E-state index contributed by atoms with van der Waals surface area (Å²) in [6.07, 6.45) is 8.65. The van der Waals surface area contributed by atoms with Gasteiger partial charge in [-0.25, -0.2) is 0 Å². The van der Waals surface area contributed by atoms with Crippen molar-refractivity contribution in [3.63, 3.8) is 0 Å². The summed E-state index contributed by atoms with van der Waals surface area (Å²) in [5, 5.41) is 10.6. The number of carbonyl (C=O) groups excluding carboxylic acids is 1. The van der Waals surface area contributed by atoms with Crippen LogP contribution >= 0.6 is 0 Å². The minimum absolute atomic E-state index is 0.0856. The zero-order chi connectivity index (χ0) is 17.4. The highest BCUT2D eigenvalue weighted by Gasteiger charge is 2.02. The Morgan fingerprint density at radius 2 is 1.35 bits per heavy atom. The van der Waals surface area contributed by atoms with E-state index in [1.54, 1.807) is 19.1 Å². The molecule has 0 aliphatic rings. The standard InChI is InChI=1S/C19H21NO3/c1-14(9-15(2)11-17(4)13-21)10-16(3)12-18-5-7-19(8-6-18)20(22)23/h5-13H,1-4H3/b14-10+,15-9+,16-12+,17-11+. The van der Waals surface area contributed by atoms with Gasteiger partial charge in [-0.1, -0.05) is 41.0 Å². The molecular formula is C19H21NO3. The zero-order valence-electron chi connectivity index (χ0n) is 13.9. The number of nitro benzene ring substituents is 1. The number of carbonyl (C=O) groups is 1. The summed E-state index contributed by atoms with van der Waals surface area (Å²) in [5.41, 5.74) is 4.79. The van der Waals surface area contributed by atoms with Crippen LogP contribution in [0.25, 0.3) is 6.08 Å². The molecule has 0 radical (unpaired) electrons. The molecule has 1 aromatic rings. The summed E-state index contributed by atoms with van der Waals surface area (Å²) in [6.45, 7) is 7.67. The van der Waals surface area contributed by atoms with E-state index >= 15 is 0 Å². The predicted octanol–water partition coefficient (Wildman–Crippen LogP) is 5.04. The minimum Gasteiger partial charge on any atom is -0.298 e. The number of hydrogen-bond acceptors (Lipinski definition) is 3. The van der Waals surface area contributed by atoms with Gasteiger partial charge in [0.2, 0.25) is 0 Å². The van der Waals surface area contributed by atoms with E-state index in [0.717, 1.165) is 28.6 Å². The lowest BCUT2D eigenvalue weighted by Crippen LogP contribution is -1.86. The Balaban J connectivity index is 2.91. The first-order valence-electron chi connectivity index (χ1n) is 7.24. The number of benzene rings is 1. The van der Waals surface area contributed by atoms with Crippen molar-refractivity contribution in [2.45, 2.75) is 27.7 Å². The van der Waals surface area contributed by atoms with Crippen LogP contribution < -0.4 is 0 Å². The van der Waals surface area contributed by atoms with E-state index in [1.165, 1.54) is 12.1 Å². The van der Waals surface area contributed by atoms with Crippen molar-refractivity contribution in [1.29, 1.82) is 0 Å². The first-order chi connectivity index (χ1) is 10.8. The van der Waals surface area contributed by atoms with Crippen LogP contribution in [0.15, 0.2) is 64.8 Å². The molecule has 4 nitrogen and oxygen atoms in total. The van der Waals surface area contributed by atoms with Gasteiger partial charge < -0.3 is 0 Å². The predicted molar refractivity (Wildman–Crippen MR) is 94.1 cm³/mol. The van der Waals surface area contributed by atoms with Crippen LogP contribution in [0, 0.1) is 10.1 Å². The van der Waals surface area contributed by atoms with Crippen LogP contribution in [-0.2, 0) is 4.79 Å². The first kappa shape index (κ1) is 18.3. The molecule has 1 aromatic carbocycles. The van der Waals surface area contributed by atoms with Gasteiger partial charge in [0.05, 0.1) is 4.92 Å². The van der Waals surface area contributed by atoms with Crippen molar-refractivity contribution in [2.75, 3.05) is 0 Å². The fourth-order valence-electron chi connectivity index (χ4n) is 2.19. The SMILES string of the molecule is C\C(C=O)=C/C(C)=C/C(C)=C/C(C)=C/c1ccc([N+](=O)[O-])cc1. The highest BCUT2D eigenvalue weighted by Crippen LogP contribution is 2.16. The summed E-state index contributed by atoms with van der Waals surface area (Å²) < 4.78 is 0. The quantitative estimate of drug-likeness (QED) is 0.243. The molecule has 23 heavy (non-hydrogen) atoms. The Kier molecular flexibility index (Phi) is 6.87. The van der Waals surface area contributed by atoms with Gasteiger partial charge in [-0.15, -0.1) is 0 Å². The second kappa shape index (κ2) is 8.63. The molecule has 0 bridgehead atoms. The summed E-state index contributed by atoms with van der Waals surface area (Å²) in [5.74, 6) is 0. The van der Waals surface area contributed by atoms with Crippen molar-refractivity contribution in [1.82, 2.24) is 0 Å². The van der Waals surface area contributed by atoms with E-state index in [9.17, 15) is 14.9 Å². The van der Waals surface area contributed by atoms with Crippen LogP contribution in [0.3, 0.4) is 0 Å². The van der Waals surface area contributed by atoms with Crippen molar-refractivity contribution in [3.05, 3.63) is 80.5 Å². The van der Waals surface area contributed by atoms with Crippen molar-refractivity contribution >= 4 is 18.0 Å². The van der Waals surface area contributed by atoms with Gasteiger partial charge in [0.25, 0.3) is 5.69 Å². The lowest BCUT2D eigenvalue weighted by atomic mass is 10.1. The third-order valence-electron chi connectivity index (χ3n) is 3.05. The third kappa shape index (κ3) is 6.70. The highest BCUT2D eigenvalue weighted by atomic mass is 16.6. The number of nitro groups is 1. The number of hydrogen-bond donors (Lipinski definition) is 0. The molecule has 0 saturated heterocycles. The summed E-state index contributed by atoms with van der Waals surface area (Å²) in [6, 6.07) is 6.43. The molecule has 1 rings (SSSR count). The van der Waals surface area contributed by atoms with Crippen LogP contribution in [-0.4, -0.2) is 11.2 Å². The molecular weight excluding hydrogens is 290 g/mol. The van der Waals surface area contributed by atoms with Gasteiger partial charge in [0, 0.05) is 12.1 Å². The molecule has 0 amide bonds. The second-order valence-corrected chi connectivity index (χ2v) is 5.52. The smallest absolute Gasteiger partial charge is 0.269 e. The lowest BCUT2D eigenvalue weighted by Gasteiger charge is -1.99. The zero-order valence-corrected chi connectivity index (χ0v) is 13.9. The Hall–Kier alpha value is -2.75. The van der Waals surface area contributed by atoms with Crippen LogP contribution in [0.4, 0.5) is 5.69 Å². The molecule has 0 unspecified atom stereocenters. The molecule has 4 heteroatoms. The first-order valence-corrected chi connectivity index (χ1v) is 7.24. The highest BCUT2D eigenvalue weighted by molar-refractivity contribution is 5.73. The molecule has 120 valence electrons. The number of allylic oxidation sites excluding steroid dienone is 7. The molecule has 0 saturated carbocycles. The molecule has 0 N–H and O–H groups in total. The molecule has 0 heterocycles. The van der Waals surface area contributed by atoms with Gasteiger partial charge in [-0.3, -0.25) is 14.9 Å². The van der Waals surface area contributed by atoms with Crippen molar-refractivity contribution < 1.29 is 9.72 Å². The van der Waals surface area contributed by atoms with Crippen LogP contribution in [0.5, 0.6) is 0 Å².